The lowest BCUT2D eigenvalue weighted by atomic mass is 9.72. The van der Waals surface area contributed by atoms with Crippen LogP contribution in [-0.2, 0) is 4.74 Å². The minimum Gasteiger partial charge on any atom is -0.444 e. The lowest BCUT2D eigenvalue weighted by Crippen LogP contribution is -2.62. The van der Waals surface area contributed by atoms with Gasteiger partial charge in [-0.3, -0.25) is 10.1 Å². The predicted octanol–water partition coefficient (Wildman–Crippen LogP) is 4.14. The third-order valence-corrected chi connectivity index (χ3v) is 7.18. The number of amides is 1. The Morgan fingerprint density at radius 2 is 1.69 bits per heavy atom. The van der Waals surface area contributed by atoms with E-state index in [0.717, 1.165) is 77.2 Å². The number of piperidine rings is 2. The van der Waals surface area contributed by atoms with Crippen molar-refractivity contribution in [3.8, 4) is 0 Å². The number of rotatable bonds is 4. The molecule has 8 nitrogen and oxygen atoms in total. The maximum absolute atomic E-state index is 12.2. The Morgan fingerprint density at radius 3 is 2.22 bits per heavy atom. The van der Waals surface area contributed by atoms with Crippen molar-refractivity contribution in [2.24, 2.45) is 11.3 Å². The summed E-state index contributed by atoms with van der Waals surface area (Å²) in [6.45, 7) is 12.8. The zero-order valence-electron chi connectivity index (χ0n) is 19.6. The van der Waals surface area contributed by atoms with Crippen LogP contribution in [-0.4, -0.2) is 72.2 Å². The molecule has 3 aliphatic heterocycles. The molecule has 1 spiro atoms. The van der Waals surface area contributed by atoms with Gasteiger partial charge < -0.3 is 19.4 Å². The molecule has 0 unspecified atom stereocenters. The first-order valence-electron chi connectivity index (χ1n) is 11.8. The lowest BCUT2D eigenvalue weighted by molar-refractivity contribution is -0.384. The highest BCUT2D eigenvalue weighted by atomic mass is 16.6. The fourth-order valence-electron chi connectivity index (χ4n) is 5.27. The number of anilines is 1. The van der Waals surface area contributed by atoms with Crippen molar-refractivity contribution in [1.29, 1.82) is 0 Å². The maximum Gasteiger partial charge on any atom is 0.410 e. The number of carbonyl (C=O) groups is 1. The Morgan fingerprint density at radius 1 is 1.09 bits per heavy atom. The van der Waals surface area contributed by atoms with Crippen LogP contribution in [0.2, 0.25) is 0 Å². The molecule has 1 aromatic rings. The summed E-state index contributed by atoms with van der Waals surface area (Å²) in [5.41, 5.74) is 1.09. The number of likely N-dealkylation sites (tertiary alicyclic amines) is 2. The number of carbonyl (C=O) groups excluding carboxylic acids is 1. The van der Waals surface area contributed by atoms with E-state index in [-0.39, 0.29) is 16.7 Å². The normalized spacial score (nSPS) is 22.0. The van der Waals surface area contributed by atoms with Crippen molar-refractivity contribution in [3.05, 3.63) is 34.4 Å². The molecule has 0 N–H and O–H groups in total. The summed E-state index contributed by atoms with van der Waals surface area (Å²) in [6, 6.07) is 6.91. The fourth-order valence-corrected chi connectivity index (χ4v) is 5.27. The quantitative estimate of drug-likeness (QED) is 0.513. The third kappa shape index (κ3) is 5.34. The Labute approximate surface area is 190 Å². The van der Waals surface area contributed by atoms with E-state index in [2.05, 4.69) is 9.80 Å². The molecule has 32 heavy (non-hydrogen) atoms. The second-order valence-electron chi connectivity index (χ2n) is 10.8. The number of benzene rings is 1. The van der Waals surface area contributed by atoms with Crippen LogP contribution in [0.4, 0.5) is 16.2 Å². The van der Waals surface area contributed by atoms with Crippen molar-refractivity contribution in [2.45, 2.75) is 52.1 Å². The first-order valence-corrected chi connectivity index (χ1v) is 11.8. The summed E-state index contributed by atoms with van der Waals surface area (Å²) in [6.07, 6.45) is 4.46. The van der Waals surface area contributed by atoms with Crippen LogP contribution in [0.3, 0.4) is 0 Å². The van der Waals surface area contributed by atoms with E-state index in [9.17, 15) is 14.9 Å². The van der Waals surface area contributed by atoms with Crippen LogP contribution in [0.25, 0.3) is 0 Å². The zero-order chi connectivity index (χ0) is 22.9. The van der Waals surface area contributed by atoms with Gasteiger partial charge in [-0.15, -0.1) is 0 Å². The minimum atomic E-state index is -0.433. The summed E-state index contributed by atoms with van der Waals surface area (Å²) < 4.78 is 5.50. The number of hydrogen-bond acceptors (Lipinski definition) is 6. The summed E-state index contributed by atoms with van der Waals surface area (Å²) in [7, 11) is 0. The summed E-state index contributed by atoms with van der Waals surface area (Å²) in [5.74, 6) is 0.706. The van der Waals surface area contributed by atoms with Gasteiger partial charge in [0.1, 0.15) is 5.60 Å². The smallest absolute Gasteiger partial charge is 0.410 e. The van der Waals surface area contributed by atoms with Gasteiger partial charge in [0.15, 0.2) is 0 Å². The summed E-state index contributed by atoms with van der Waals surface area (Å²) in [5, 5.41) is 10.8. The lowest BCUT2D eigenvalue weighted by Gasteiger charge is -2.54. The second kappa shape index (κ2) is 8.89. The van der Waals surface area contributed by atoms with E-state index >= 15 is 0 Å². The average Bonchev–Trinajstić information content (AvgIpc) is 2.72. The van der Waals surface area contributed by atoms with Gasteiger partial charge in [-0.05, 0) is 77.6 Å². The van der Waals surface area contributed by atoms with E-state index in [1.807, 2.05) is 37.8 Å². The van der Waals surface area contributed by atoms with Crippen LogP contribution in [0.15, 0.2) is 24.3 Å². The van der Waals surface area contributed by atoms with Crippen molar-refractivity contribution >= 4 is 17.5 Å². The standard InChI is InChI=1S/C24H36N4O4/c1-23(2,3)32-22(29)27-17-24(18-27)10-14-25(15-11-24)16-19-8-12-26(13-9-19)20-4-6-21(7-5-20)28(30)31/h4-7,19H,8-18H2,1-3H3. The van der Waals surface area contributed by atoms with Gasteiger partial charge in [0.25, 0.3) is 5.69 Å². The molecule has 3 aliphatic rings. The molecule has 0 saturated carbocycles. The molecular formula is C24H36N4O4. The molecular weight excluding hydrogens is 408 g/mol. The molecule has 8 heteroatoms. The second-order valence-corrected chi connectivity index (χ2v) is 10.8. The van der Waals surface area contributed by atoms with E-state index in [4.69, 9.17) is 4.74 Å². The third-order valence-electron chi connectivity index (χ3n) is 7.18. The molecule has 1 amide bonds. The van der Waals surface area contributed by atoms with Gasteiger partial charge in [0, 0.05) is 56.0 Å². The number of non-ortho nitro benzene ring substituents is 1. The minimum absolute atomic E-state index is 0.146. The number of ether oxygens (including phenoxy) is 1. The maximum atomic E-state index is 12.2. The van der Waals surface area contributed by atoms with E-state index in [1.165, 1.54) is 0 Å². The number of nitro groups is 1. The van der Waals surface area contributed by atoms with Crippen LogP contribution < -0.4 is 4.90 Å². The van der Waals surface area contributed by atoms with E-state index in [0.29, 0.717) is 11.3 Å². The molecule has 0 atom stereocenters. The van der Waals surface area contributed by atoms with Crippen LogP contribution in [0, 0.1) is 21.4 Å². The monoisotopic (exact) mass is 444 g/mol. The van der Waals surface area contributed by atoms with Gasteiger partial charge in [0.2, 0.25) is 0 Å². The van der Waals surface area contributed by atoms with Crippen molar-refractivity contribution in [2.75, 3.05) is 50.7 Å². The van der Waals surface area contributed by atoms with Crippen molar-refractivity contribution in [3.63, 3.8) is 0 Å². The zero-order valence-corrected chi connectivity index (χ0v) is 19.6. The molecule has 1 aromatic carbocycles. The highest BCUT2D eigenvalue weighted by Crippen LogP contribution is 2.41. The van der Waals surface area contributed by atoms with E-state index in [1.54, 1.807) is 12.1 Å². The SMILES string of the molecule is CC(C)(C)OC(=O)N1CC2(CCN(CC3CCN(c4ccc([N+](=O)[O-])cc4)CC3)CC2)C1. The molecule has 0 aliphatic carbocycles. The van der Waals surface area contributed by atoms with Crippen LogP contribution in [0.5, 0.6) is 0 Å². The van der Waals surface area contributed by atoms with Gasteiger partial charge in [-0.1, -0.05) is 0 Å². The van der Waals surface area contributed by atoms with Crippen LogP contribution >= 0.6 is 0 Å². The molecule has 3 heterocycles. The Kier molecular flexibility index (Phi) is 6.34. The van der Waals surface area contributed by atoms with Crippen LogP contribution in [0.1, 0.15) is 46.5 Å². The van der Waals surface area contributed by atoms with Crippen molar-refractivity contribution in [1.82, 2.24) is 9.80 Å². The Balaban J connectivity index is 1.17. The number of nitrogens with zero attached hydrogens (tertiary/aromatic N) is 4. The molecule has 3 saturated heterocycles. The number of nitro benzene ring substituents is 1. The molecule has 0 aromatic heterocycles. The van der Waals surface area contributed by atoms with Gasteiger partial charge in [-0.2, -0.15) is 0 Å². The molecule has 176 valence electrons. The van der Waals surface area contributed by atoms with Crippen molar-refractivity contribution < 1.29 is 14.5 Å². The Hall–Kier alpha value is -2.35. The van der Waals surface area contributed by atoms with E-state index < -0.39 is 5.60 Å². The van der Waals surface area contributed by atoms with Gasteiger partial charge in [0.05, 0.1) is 4.92 Å². The first kappa shape index (κ1) is 22.8. The highest BCUT2D eigenvalue weighted by Gasteiger charge is 2.47. The topological polar surface area (TPSA) is 79.2 Å². The molecule has 3 fully saturated rings. The number of hydrogen-bond donors (Lipinski definition) is 0. The summed E-state index contributed by atoms with van der Waals surface area (Å²) >= 11 is 0. The predicted molar refractivity (Wildman–Crippen MR) is 124 cm³/mol. The summed E-state index contributed by atoms with van der Waals surface area (Å²) in [4.78, 5) is 29.5. The molecule has 4 rings (SSSR count). The largest absolute Gasteiger partial charge is 0.444 e. The molecule has 0 radical (unpaired) electrons. The highest BCUT2D eigenvalue weighted by molar-refractivity contribution is 5.69. The van der Waals surface area contributed by atoms with Gasteiger partial charge >= 0.3 is 6.09 Å². The van der Waals surface area contributed by atoms with Gasteiger partial charge in [-0.25, -0.2) is 4.79 Å². The fraction of sp³-hybridized carbons (Fsp3) is 0.708. The Bertz CT molecular complexity index is 811. The first-order chi connectivity index (χ1) is 15.1. The molecule has 0 bridgehead atoms. The average molecular weight is 445 g/mol.